The Labute approximate surface area is 197 Å². The predicted octanol–water partition coefficient (Wildman–Crippen LogP) is 5.04. The van der Waals surface area contributed by atoms with Crippen LogP contribution in [-0.2, 0) is 4.79 Å². The zero-order chi connectivity index (χ0) is 23.3. The van der Waals surface area contributed by atoms with E-state index >= 15 is 0 Å². The molecule has 34 heavy (non-hydrogen) atoms. The molecule has 2 unspecified atom stereocenters. The molecule has 2 aliphatic rings. The third kappa shape index (κ3) is 4.73. The number of amidine groups is 1. The SMILES string of the molecule is C=CC(=O)Nc1cccc(NC2=NC=NC3NC(c4ccc(Oc5ccccc5)cc4)=CC23)c1. The van der Waals surface area contributed by atoms with Crippen LogP contribution in [0.2, 0.25) is 0 Å². The van der Waals surface area contributed by atoms with Gasteiger partial charge in [-0.05, 0) is 72.3 Å². The molecule has 3 aromatic carbocycles. The fraction of sp³-hybridized carbons (Fsp3) is 0.0741. The Kier molecular flexibility index (Phi) is 5.90. The van der Waals surface area contributed by atoms with E-state index in [2.05, 4.69) is 38.6 Å². The van der Waals surface area contributed by atoms with Gasteiger partial charge in [-0.15, -0.1) is 0 Å². The van der Waals surface area contributed by atoms with Crippen LogP contribution in [0.4, 0.5) is 11.4 Å². The Morgan fingerprint density at radius 2 is 1.74 bits per heavy atom. The summed E-state index contributed by atoms with van der Waals surface area (Å²) < 4.78 is 5.89. The molecule has 0 aromatic heterocycles. The zero-order valence-electron chi connectivity index (χ0n) is 18.3. The second-order valence-corrected chi connectivity index (χ2v) is 7.81. The van der Waals surface area contributed by atoms with E-state index in [-0.39, 0.29) is 18.0 Å². The molecule has 7 heteroatoms. The molecule has 3 N–H and O–H groups in total. The third-order valence-corrected chi connectivity index (χ3v) is 5.46. The van der Waals surface area contributed by atoms with Gasteiger partial charge in [0.15, 0.2) is 0 Å². The van der Waals surface area contributed by atoms with E-state index in [1.165, 1.54) is 6.08 Å². The number of benzene rings is 3. The van der Waals surface area contributed by atoms with Crippen molar-refractivity contribution in [2.24, 2.45) is 15.9 Å². The number of nitrogens with one attached hydrogen (secondary N) is 3. The molecule has 2 atom stereocenters. The Morgan fingerprint density at radius 1 is 0.971 bits per heavy atom. The number of carbonyl (C=O) groups is 1. The van der Waals surface area contributed by atoms with Crippen LogP contribution in [0.1, 0.15) is 5.56 Å². The predicted molar refractivity (Wildman–Crippen MR) is 136 cm³/mol. The largest absolute Gasteiger partial charge is 0.457 e. The molecule has 0 aliphatic carbocycles. The van der Waals surface area contributed by atoms with Gasteiger partial charge >= 0.3 is 0 Å². The Bertz CT molecular complexity index is 1300. The summed E-state index contributed by atoms with van der Waals surface area (Å²) in [6.45, 7) is 3.48. The second kappa shape index (κ2) is 9.46. The van der Waals surface area contributed by atoms with Crippen molar-refractivity contribution in [1.29, 1.82) is 0 Å². The first-order valence-electron chi connectivity index (χ1n) is 10.9. The Morgan fingerprint density at radius 3 is 2.53 bits per heavy atom. The number of ether oxygens (including phenoxy) is 1. The number of rotatable bonds is 6. The molecule has 5 rings (SSSR count). The van der Waals surface area contributed by atoms with Crippen molar-refractivity contribution < 1.29 is 9.53 Å². The Balaban J connectivity index is 1.30. The first kappa shape index (κ1) is 21.2. The molecule has 0 saturated heterocycles. The van der Waals surface area contributed by atoms with Gasteiger partial charge in [-0.25, -0.2) is 9.98 Å². The molecule has 2 heterocycles. The summed E-state index contributed by atoms with van der Waals surface area (Å²) in [7, 11) is 0. The number of aliphatic imine (C=N–C) groups is 2. The fourth-order valence-electron chi connectivity index (χ4n) is 3.82. The molecule has 2 aliphatic heterocycles. The van der Waals surface area contributed by atoms with E-state index in [1.54, 1.807) is 6.34 Å². The van der Waals surface area contributed by atoms with E-state index < -0.39 is 0 Å². The third-order valence-electron chi connectivity index (χ3n) is 5.46. The first-order chi connectivity index (χ1) is 16.7. The summed E-state index contributed by atoms with van der Waals surface area (Å²) in [6.07, 6.45) is 4.79. The number of para-hydroxylation sites is 1. The summed E-state index contributed by atoms with van der Waals surface area (Å²) >= 11 is 0. The van der Waals surface area contributed by atoms with Crippen LogP contribution in [0, 0.1) is 5.92 Å². The molecule has 3 aromatic rings. The van der Waals surface area contributed by atoms with Crippen LogP contribution >= 0.6 is 0 Å². The molecule has 0 fully saturated rings. The quantitative estimate of drug-likeness (QED) is 0.460. The van der Waals surface area contributed by atoms with Crippen LogP contribution in [-0.4, -0.2) is 24.2 Å². The number of hydrogen-bond acceptors (Lipinski definition) is 6. The maximum Gasteiger partial charge on any atom is 0.247 e. The number of hydrogen-bond donors (Lipinski definition) is 3. The van der Waals surface area contributed by atoms with E-state index in [9.17, 15) is 4.79 Å². The lowest BCUT2D eigenvalue weighted by Crippen LogP contribution is -2.36. The van der Waals surface area contributed by atoms with Crippen LogP contribution in [0.5, 0.6) is 11.5 Å². The van der Waals surface area contributed by atoms with Crippen molar-refractivity contribution in [1.82, 2.24) is 5.32 Å². The minimum absolute atomic E-state index is 0.0494. The second-order valence-electron chi connectivity index (χ2n) is 7.81. The summed E-state index contributed by atoms with van der Waals surface area (Å²) in [6, 6.07) is 25.1. The highest BCUT2D eigenvalue weighted by Gasteiger charge is 2.33. The van der Waals surface area contributed by atoms with Crippen molar-refractivity contribution >= 4 is 35.2 Å². The van der Waals surface area contributed by atoms with Gasteiger partial charge in [-0.2, -0.15) is 0 Å². The summed E-state index contributed by atoms with van der Waals surface area (Å²) in [5.74, 6) is 2.04. The minimum Gasteiger partial charge on any atom is -0.457 e. The molecule has 7 nitrogen and oxygen atoms in total. The van der Waals surface area contributed by atoms with Crippen LogP contribution in [0.25, 0.3) is 5.70 Å². The maximum absolute atomic E-state index is 11.6. The van der Waals surface area contributed by atoms with Gasteiger partial charge < -0.3 is 20.7 Å². The van der Waals surface area contributed by atoms with E-state index in [0.717, 1.165) is 34.3 Å². The van der Waals surface area contributed by atoms with Crippen LogP contribution < -0.4 is 20.7 Å². The molecular formula is C27H23N5O2. The zero-order valence-corrected chi connectivity index (χ0v) is 18.3. The highest BCUT2D eigenvalue weighted by molar-refractivity contribution is 6.05. The lowest BCUT2D eigenvalue weighted by molar-refractivity contribution is -0.111. The van der Waals surface area contributed by atoms with Gasteiger partial charge in [-0.1, -0.05) is 30.8 Å². The molecule has 1 amide bonds. The van der Waals surface area contributed by atoms with Crippen molar-refractivity contribution in [3.63, 3.8) is 0 Å². The average molecular weight is 450 g/mol. The van der Waals surface area contributed by atoms with E-state index in [1.807, 2.05) is 78.9 Å². The molecular weight excluding hydrogens is 426 g/mol. The smallest absolute Gasteiger partial charge is 0.247 e. The standard InChI is InChI=1S/C27H23N5O2/c1-2-25(33)30-19-7-6-8-20(15-19)31-26-23-16-24(32-27(23)29-17-28-26)18-11-13-22(14-12-18)34-21-9-4-3-5-10-21/h2-17,23,27,32H,1H2,(H,30,33)(H,28,29,31). The molecule has 0 saturated carbocycles. The van der Waals surface area contributed by atoms with Gasteiger partial charge in [0.05, 0.1) is 5.92 Å². The summed E-state index contributed by atoms with van der Waals surface area (Å²) in [4.78, 5) is 20.6. The topological polar surface area (TPSA) is 87.1 Å². The van der Waals surface area contributed by atoms with Gasteiger partial charge in [0, 0.05) is 17.1 Å². The highest BCUT2D eigenvalue weighted by Crippen LogP contribution is 2.30. The monoisotopic (exact) mass is 449 g/mol. The molecule has 0 bridgehead atoms. The number of amides is 1. The number of carbonyl (C=O) groups excluding carboxylic acids is 1. The van der Waals surface area contributed by atoms with Gasteiger partial charge in [0.1, 0.15) is 29.8 Å². The molecule has 168 valence electrons. The minimum atomic E-state index is -0.257. The maximum atomic E-state index is 11.6. The van der Waals surface area contributed by atoms with Gasteiger partial charge in [0.2, 0.25) is 5.91 Å². The molecule has 0 radical (unpaired) electrons. The Hall–Kier alpha value is -4.65. The average Bonchev–Trinajstić information content (AvgIpc) is 3.31. The van der Waals surface area contributed by atoms with Crippen LogP contribution in [0.15, 0.2) is 108 Å². The lowest BCUT2D eigenvalue weighted by atomic mass is 10.0. The first-order valence-corrected chi connectivity index (χ1v) is 10.9. The number of nitrogens with zero attached hydrogens (tertiary/aromatic N) is 2. The van der Waals surface area contributed by atoms with Gasteiger partial charge in [-0.3, -0.25) is 4.79 Å². The summed E-state index contributed by atoms with van der Waals surface area (Å²) in [5, 5.41) is 9.61. The normalized spacial score (nSPS) is 18.1. The highest BCUT2D eigenvalue weighted by atomic mass is 16.5. The van der Waals surface area contributed by atoms with E-state index in [4.69, 9.17) is 4.74 Å². The van der Waals surface area contributed by atoms with Crippen LogP contribution in [0.3, 0.4) is 0 Å². The summed E-state index contributed by atoms with van der Waals surface area (Å²) in [5.41, 5.74) is 3.52. The number of fused-ring (bicyclic) bond motifs is 1. The van der Waals surface area contributed by atoms with Crippen molar-refractivity contribution in [3.05, 3.63) is 103 Å². The van der Waals surface area contributed by atoms with Crippen molar-refractivity contribution in [2.75, 3.05) is 10.6 Å². The lowest BCUT2D eigenvalue weighted by Gasteiger charge is -2.22. The number of anilines is 2. The molecule has 0 spiro atoms. The van der Waals surface area contributed by atoms with Crippen molar-refractivity contribution in [3.8, 4) is 11.5 Å². The van der Waals surface area contributed by atoms with Crippen molar-refractivity contribution in [2.45, 2.75) is 6.17 Å². The van der Waals surface area contributed by atoms with E-state index in [0.29, 0.717) is 5.69 Å². The fourth-order valence-corrected chi connectivity index (χ4v) is 3.82. The van der Waals surface area contributed by atoms with Gasteiger partial charge in [0.25, 0.3) is 0 Å².